The fourth-order valence-electron chi connectivity index (χ4n) is 2.08. The topological polar surface area (TPSA) is 30.5 Å². The Labute approximate surface area is 107 Å². The van der Waals surface area contributed by atoms with E-state index in [1.807, 2.05) is 18.2 Å². The van der Waals surface area contributed by atoms with Crippen LogP contribution in [0.1, 0.15) is 19.8 Å². The van der Waals surface area contributed by atoms with Gasteiger partial charge in [0, 0.05) is 11.6 Å². The molecule has 0 aromatic heterocycles. The highest BCUT2D eigenvalue weighted by Gasteiger charge is 2.21. The first-order valence-corrected chi connectivity index (χ1v) is 6.29. The van der Waals surface area contributed by atoms with Crippen LogP contribution in [0.15, 0.2) is 18.2 Å². The van der Waals surface area contributed by atoms with E-state index in [1.54, 1.807) is 7.11 Å². The number of nitrogens with one attached hydrogen (secondary N) is 1. The summed E-state index contributed by atoms with van der Waals surface area (Å²) in [6, 6.07) is 5.56. The molecule has 4 heteroatoms. The van der Waals surface area contributed by atoms with Crippen molar-refractivity contribution in [1.82, 2.24) is 0 Å². The van der Waals surface area contributed by atoms with Gasteiger partial charge < -0.3 is 14.8 Å². The minimum Gasteiger partial charge on any atom is -0.495 e. The number of anilines is 1. The highest BCUT2D eigenvalue weighted by molar-refractivity contribution is 6.30. The van der Waals surface area contributed by atoms with Crippen LogP contribution < -0.4 is 10.1 Å². The molecule has 1 aromatic rings. The van der Waals surface area contributed by atoms with Gasteiger partial charge >= 0.3 is 0 Å². The maximum Gasteiger partial charge on any atom is 0.142 e. The van der Waals surface area contributed by atoms with Crippen molar-refractivity contribution < 1.29 is 9.47 Å². The molecule has 1 fully saturated rings. The van der Waals surface area contributed by atoms with E-state index in [1.165, 1.54) is 0 Å². The van der Waals surface area contributed by atoms with E-state index in [4.69, 9.17) is 21.1 Å². The van der Waals surface area contributed by atoms with Gasteiger partial charge in [0.15, 0.2) is 0 Å². The van der Waals surface area contributed by atoms with Crippen LogP contribution in [0.4, 0.5) is 5.69 Å². The number of hydrogen-bond acceptors (Lipinski definition) is 3. The predicted molar refractivity (Wildman–Crippen MR) is 70.1 cm³/mol. The number of methoxy groups -OCH3 is 1. The van der Waals surface area contributed by atoms with Crippen molar-refractivity contribution in [3.8, 4) is 5.75 Å². The predicted octanol–water partition coefficient (Wildman–Crippen LogP) is 3.33. The first-order chi connectivity index (χ1) is 8.19. The van der Waals surface area contributed by atoms with Crippen molar-refractivity contribution in [2.75, 3.05) is 19.0 Å². The van der Waals surface area contributed by atoms with Crippen LogP contribution in [0.2, 0.25) is 5.02 Å². The van der Waals surface area contributed by atoms with E-state index in [2.05, 4.69) is 12.2 Å². The molecule has 0 bridgehead atoms. The Balaban J connectivity index is 1.96. The average molecular weight is 256 g/mol. The second kappa shape index (κ2) is 5.61. The normalized spacial score (nSPS) is 23.7. The van der Waals surface area contributed by atoms with Gasteiger partial charge in [-0.25, -0.2) is 0 Å². The summed E-state index contributed by atoms with van der Waals surface area (Å²) >= 11 is 5.97. The minimum atomic E-state index is 0.286. The van der Waals surface area contributed by atoms with Gasteiger partial charge in [-0.3, -0.25) is 0 Å². The third-order valence-corrected chi connectivity index (χ3v) is 3.24. The van der Waals surface area contributed by atoms with Gasteiger partial charge in [-0.2, -0.15) is 0 Å². The summed E-state index contributed by atoms with van der Waals surface area (Å²) in [5.74, 6) is 0.806. The van der Waals surface area contributed by atoms with Gasteiger partial charge in [0.2, 0.25) is 0 Å². The fraction of sp³-hybridized carbons (Fsp3) is 0.538. The third-order valence-electron chi connectivity index (χ3n) is 3.00. The Morgan fingerprint density at radius 3 is 2.94 bits per heavy atom. The summed E-state index contributed by atoms with van der Waals surface area (Å²) in [5, 5.41) is 4.04. The van der Waals surface area contributed by atoms with E-state index < -0.39 is 0 Å². The summed E-state index contributed by atoms with van der Waals surface area (Å²) in [7, 11) is 1.66. The molecule has 0 spiro atoms. The van der Waals surface area contributed by atoms with Gasteiger partial charge in [-0.05, 0) is 38.0 Å². The van der Waals surface area contributed by atoms with E-state index in [0.717, 1.165) is 30.8 Å². The Hall–Kier alpha value is -0.930. The van der Waals surface area contributed by atoms with Gasteiger partial charge in [-0.15, -0.1) is 0 Å². The molecule has 1 aliphatic heterocycles. The lowest BCUT2D eigenvalue weighted by Gasteiger charge is -2.15. The Morgan fingerprint density at radius 1 is 1.47 bits per heavy atom. The lowest BCUT2D eigenvalue weighted by molar-refractivity contribution is 0.0637. The van der Waals surface area contributed by atoms with Gasteiger partial charge in [0.05, 0.1) is 25.0 Å². The summed E-state index contributed by atoms with van der Waals surface area (Å²) in [6.07, 6.45) is 2.91. The van der Waals surface area contributed by atoms with Crippen LogP contribution in [-0.2, 0) is 4.74 Å². The third kappa shape index (κ3) is 3.27. The standard InChI is InChI=1S/C13H18ClNO2/c1-9-3-5-11(17-9)8-15-12-7-10(14)4-6-13(12)16-2/h4,6-7,9,11,15H,3,5,8H2,1-2H3. The summed E-state index contributed by atoms with van der Waals surface area (Å²) in [5.41, 5.74) is 0.920. The molecule has 0 radical (unpaired) electrons. The smallest absolute Gasteiger partial charge is 0.142 e. The van der Waals surface area contributed by atoms with E-state index in [-0.39, 0.29) is 6.10 Å². The Morgan fingerprint density at radius 2 is 2.29 bits per heavy atom. The van der Waals surface area contributed by atoms with E-state index in [0.29, 0.717) is 11.1 Å². The molecule has 1 aliphatic rings. The quantitative estimate of drug-likeness (QED) is 0.895. The van der Waals surface area contributed by atoms with Crippen molar-refractivity contribution in [3.63, 3.8) is 0 Å². The van der Waals surface area contributed by atoms with Crippen LogP contribution in [0.25, 0.3) is 0 Å². The molecule has 94 valence electrons. The summed E-state index contributed by atoms with van der Waals surface area (Å²) in [4.78, 5) is 0. The lowest BCUT2D eigenvalue weighted by Crippen LogP contribution is -2.20. The second-order valence-corrected chi connectivity index (χ2v) is 4.81. The van der Waals surface area contributed by atoms with Crippen molar-refractivity contribution >= 4 is 17.3 Å². The number of hydrogen-bond donors (Lipinski definition) is 1. The first-order valence-electron chi connectivity index (χ1n) is 5.92. The summed E-state index contributed by atoms with van der Waals surface area (Å²) < 4.78 is 11.0. The van der Waals surface area contributed by atoms with Crippen LogP contribution in [0.3, 0.4) is 0 Å². The molecule has 0 amide bonds. The van der Waals surface area contributed by atoms with Crippen LogP contribution in [0.5, 0.6) is 5.75 Å². The molecule has 1 heterocycles. The maximum atomic E-state index is 5.97. The SMILES string of the molecule is COc1ccc(Cl)cc1NCC1CCC(C)O1. The monoisotopic (exact) mass is 255 g/mol. The van der Waals surface area contributed by atoms with Crippen LogP contribution in [0, 0.1) is 0 Å². The van der Waals surface area contributed by atoms with Crippen molar-refractivity contribution in [2.24, 2.45) is 0 Å². The molecule has 3 nitrogen and oxygen atoms in total. The molecule has 2 unspecified atom stereocenters. The molecule has 1 N–H and O–H groups in total. The van der Waals surface area contributed by atoms with E-state index >= 15 is 0 Å². The van der Waals surface area contributed by atoms with Crippen LogP contribution in [-0.4, -0.2) is 25.9 Å². The minimum absolute atomic E-state index is 0.286. The molecular weight excluding hydrogens is 238 g/mol. The Kier molecular flexibility index (Phi) is 4.13. The van der Waals surface area contributed by atoms with Crippen molar-refractivity contribution in [2.45, 2.75) is 32.0 Å². The van der Waals surface area contributed by atoms with Gasteiger partial charge in [0.1, 0.15) is 5.75 Å². The van der Waals surface area contributed by atoms with Crippen molar-refractivity contribution in [1.29, 1.82) is 0 Å². The largest absolute Gasteiger partial charge is 0.495 e. The van der Waals surface area contributed by atoms with E-state index in [9.17, 15) is 0 Å². The zero-order valence-corrected chi connectivity index (χ0v) is 11.0. The Bertz CT molecular complexity index is 384. The number of halogens is 1. The number of ether oxygens (including phenoxy) is 2. The highest BCUT2D eigenvalue weighted by Crippen LogP contribution is 2.28. The molecule has 17 heavy (non-hydrogen) atoms. The molecule has 2 atom stereocenters. The molecule has 1 saturated heterocycles. The average Bonchev–Trinajstić information content (AvgIpc) is 2.73. The van der Waals surface area contributed by atoms with Gasteiger partial charge in [-0.1, -0.05) is 11.6 Å². The van der Waals surface area contributed by atoms with Crippen LogP contribution >= 0.6 is 11.6 Å². The molecule has 1 aromatic carbocycles. The zero-order valence-electron chi connectivity index (χ0n) is 10.2. The van der Waals surface area contributed by atoms with Crippen molar-refractivity contribution in [3.05, 3.63) is 23.2 Å². The number of benzene rings is 1. The molecule has 0 aliphatic carbocycles. The molecular formula is C13H18ClNO2. The summed E-state index contributed by atoms with van der Waals surface area (Å²) in [6.45, 7) is 2.90. The number of rotatable bonds is 4. The zero-order chi connectivity index (χ0) is 12.3. The fourth-order valence-corrected chi connectivity index (χ4v) is 2.25. The lowest BCUT2D eigenvalue weighted by atomic mass is 10.2. The van der Waals surface area contributed by atoms with Gasteiger partial charge in [0.25, 0.3) is 0 Å². The maximum absolute atomic E-state index is 5.97. The molecule has 2 rings (SSSR count). The second-order valence-electron chi connectivity index (χ2n) is 4.37. The molecule has 0 saturated carbocycles. The first kappa shape index (κ1) is 12.5. The highest BCUT2D eigenvalue weighted by atomic mass is 35.5.